The maximum absolute atomic E-state index is 12.5. The number of ether oxygens (including phenoxy) is 2. The predicted molar refractivity (Wildman–Crippen MR) is 332 cm³/mol. The van der Waals surface area contributed by atoms with Gasteiger partial charge in [0, 0.05) is 66.4 Å². The standard InChI is InChI=1S/C30H42Cl2N2O10.C30H42Cl2N2O9/c1-4-5-13-24(44-30(33)43)27(32)22(36)16-23(37)29(42)28(41)19(3)21(31)12-8-6-10-18(2)11-7-9-14-25(38)34-17-20(35)15-26(39)40;1-4-5-14-24(43-30(33)42)27(32)22(35)18-23(36)29(41)28(40)20(3)21(31)13-8-6-11-19(2)12-7-9-15-25(37)34-17-10-16-26(38)39/h5-14,19-20,22,24,27-29,35-36,41-42H,4,15-17H2,1-3H3,(H2,33,43)(H,34,38)(H,39,40);5-9,11-15,20,22,24,27-29,35,40-41H,4,10,16-18H2,1-3H3,(H2,33,42)(H,34,37)(H,38,39)/b8-6+,11-7+,13-5+,14-9+,18-10+,21-12-;8-6+,12-7+,14-5+,15-9+,19-11+,21-13-/t19-,20?,22-,24-,27+,28-,29-;20-,22-,24-,27+,28-,29-/m11/s1. The minimum Gasteiger partial charge on any atom is -0.481 e. The molecule has 0 bridgehead atoms. The summed E-state index contributed by atoms with van der Waals surface area (Å²) in [6.07, 6.45) is 15.6. The fraction of sp³-hybridized carbons (Fsp3) is 0.467. The van der Waals surface area contributed by atoms with E-state index in [4.69, 9.17) is 77.6 Å². The number of ketones is 2. The molecule has 0 fully saturated rings. The van der Waals surface area contributed by atoms with Crippen LogP contribution in [0.15, 0.2) is 143 Å². The lowest BCUT2D eigenvalue weighted by Crippen LogP contribution is -2.43. The van der Waals surface area contributed by atoms with E-state index in [9.17, 15) is 74.1 Å². The first-order valence-electron chi connectivity index (χ1n) is 27.3. The summed E-state index contributed by atoms with van der Waals surface area (Å²) in [5.41, 5.74) is 11.7. The van der Waals surface area contributed by atoms with Crippen molar-refractivity contribution < 1.29 is 93.8 Å². The van der Waals surface area contributed by atoms with Crippen LogP contribution in [0.25, 0.3) is 0 Å². The van der Waals surface area contributed by atoms with Crippen molar-refractivity contribution in [1.82, 2.24) is 10.6 Å². The largest absolute Gasteiger partial charge is 0.481 e. The lowest BCUT2D eigenvalue weighted by molar-refractivity contribution is -0.139. The van der Waals surface area contributed by atoms with E-state index >= 15 is 0 Å². The minimum absolute atomic E-state index is 0.0143. The fourth-order valence-electron chi connectivity index (χ4n) is 6.69. The van der Waals surface area contributed by atoms with E-state index in [0.29, 0.717) is 19.3 Å². The van der Waals surface area contributed by atoms with E-state index in [1.54, 1.807) is 85.9 Å². The zero-order valence-corrected chi connectivity index (χ0v) is 52.2. The number of aliphatic hydroxyl groups is 7. The number of carboxylic acids is 2. The van der Waals surface area contributed by atoms with Crippen molar-refractivity contribution in [3.05, 3.63) is 143 Å². The fourth-order valence-corrected chi connectivity index (χ4v) is 7.54. The highest BCUT2D eigenvalue weighted by atomic mass is 35.5. The molecule has 0 aliphatic rings. The van der Waals surface area contributed by atoms with Gasteiger partial charge < -0.3 is 77.5 Å². The van der Waals surface area contributed by atoms with Gasteiger partial charge in [0.15, 0.2) is 11.6 Å². The zero-order chi connectivity index (χ0) is 66.8. The molecule has 0 aromatic heterocycles. The molecule has 13 atom stereocenters. The average molecular weight is 1310 g/mol. The Hall–Kier alpha value is -6.48. The summed E-state index contributed by atoms with van der Waals surface area (Å²) in [6, 6.07) is 0. The van der Waals surface area contributed by atoms with Crippen LogP contribution in [0.3, 0.4) is 0 Å². The number of hydrogen-bond acceptors (Lipinski definition) is 17. The number of carboxylic acid groups (broad SMARTS) is 2. The number of aliphatic hydroxyl groups excluding tert-OH is 7. The van der Waals surface area contributed by atoms with E-state index < -0.39 is 138 Å². The van der Waals surface area contributed by atoms with Crippen molar-refractivity contribution in [2.24, 2.45) is 23.3 Å². The predicted octanol–water partition coefficient (Wildman–Crippen LogP) is 5.81. The van der Waals surface area contributed by atoms with Gasteiger partial charge in [-0.3, -0.25) is 28.8 Å². The first-order valence-corrected chi connectivity index (χ1v) is 28.9. The Bertz CT molecular complexity index is 2580. The van der Waals surface area contributed by atoms with Crippen molar-refractivity contribution >= 4 is 93.9 Å². The molecule has 4 amide bonds. The molecule has 0 radical (unpaired) electrons. The van der Waals surface area contributed by atoms with Crippen LogP contribution in [-0.4, -0.2) is 172 Å². The molecule has 15 N–H and O–H groups in total. The number of carbonyl (C=O) groups excluding carboxylic acids is 6. The average Bonchev–Trinajstić information content (AvgIpc) is 3.21. The molecule has 0 saturated carbocycles. The smallest absolute Gasteiger partial charge is 0.405 e. The van der Waals surface area contributed by atoms with Crippen molar-refractivity contribution in [2.45, 2.75) is 152 Å². The highest BCUT2D eigenvalue weighted by Gasteiger charge is 2.36. The van der Waals surface area contributed by atoms with Crippen LogP contribution in [0.2, 0.25) is 0 Å². The van der Waals surface area contributed by atoms with E-state index in [1.165, 1.54) is 56.4 Å². The maximum Gasteiger partial charge on any atom is 0.405 e. The van der Waals surface area contributed by atoms with Gasteiger partial charge in [-0.1, -0.05) is 147 Å². The number of halogens is 4. The van der Waals surface area contributed by atoms with E-state index in [0.717, 1.165) is 11.1 Å². The van der Waals surface area contributed by atoms with Crippen LogP contribution >= 0.6 is 46.4 Å². The van der Waals surface area contributed by atoms with Crippen molar-refractivity contribution in [3.8, 4) is 0 Å². The maximum atomic E-state index is 12.5. The van der Waals surface area contributed by atoms with Crippen LogP contribution in [-0.2, 0) is 38.2 Å². The third kappa shape index (κ3) is 39.8. The Morgan fingerprint density at radius 3 is 1.25 bits per heavy atom. The Kier molecular flexibility index (Phi) is 45.2. The van der Waals surface area contributed by atoms with Crippen molar-refractivity contribution in [3.63, 3.8) is 0 Å². The number of amides is 4. The lowest BCUT2D eigenvalue weighted by Gasteiger charge is -2.26. The normalized spacial score (nSPS) is 17.5. The van der Waals surface area contributed by atoms with Crippen LogP contribution in [0.5, 0.6) is 0 Å². The molecule has 0 aliphatic heterocycles. The van der Waals surface area contributed by atoms with Crippen molar-refractivity contribution in [2.75, 3.05) is 13.1 Å². The quantitative estimate of drug-likeness (QED) is 0.0113. The van der Waals surface area contributed by atoms with E-state index in [2.05, 4.69) is 10.6 Å². The SMILES string of the molecule is CC/C=C/[C@@H](OC(N)=O)[C@@H](Cl)[C@H](O)CC(=O)[C@@H](O)[C@H](O)[C@H](C)/C(Cl)=C/C=C/C=C(C)/C=C/C=C/C(=O)NCC(O)CC(=O)O.CC/C=C/[C@@H](OC(N)=O)[C@@H](Cl)[C@H](O)CC(=O)[C@@H](O)[C@H](O)[C@H](C)/C(Cl)=C/C=C/C=C(C)/C=C/C=C/C(=O)NCCCC(=O)O. The summed E-state index contributed by atoms with van der Waals surface area (Å²) in [5.74, 6) is -6.38. The number of aliphatic carboxylic acids is 2. The van der Waals surface area contributed by atoms with Crippen LogP contribution in [0, 0.1) is 11.8 Å². The third-order valence-electron chi connectivity index (χ3n) is 11.7. The number of Topliss-reactive ketones (excluding diaryl/α,β-unsaturated/α-hetero) is 2. The van der Waals surface area contributed by atoms with Gasteiger partial charge in [0.05, 0.1) is 36.9 Å². The monoisotopic (exact) mass is 1300 g/mol. The summed E-state index contributed by atoms with van der Waals surface area (Å²) in [5, 5.41) is 91.8. The number of hydrogen-bond donors (Lipinski definition) is 13. The number of allylic oxidation sites excluding steroid dienone is 18. The molecule has 0 heterocycles. The van der Waals surface area contributed by atoms with Gasteiger partial charge in [0.25, 0.3) is 0 Å². The molecule has 87 heavy (non-hydrogen) atoms. The molecule has 486 valence electrons. The van der Waals surface area contributed by atoms with Gasteiger partial charge in [0.2, 0.25) is 11.8 Å². The lowest BCUT2D eigenvalue weighted by atomic mass is 9.93. The van der Waals surface area contributed by atoms with Crippen LogP contribution < -0.4 is 22.1 Å². The molecule has 0 aromatic rings. The molecular weight excluding hydrogens is 1220 g/mol. The van der Waals surface area contributed by atoms with Gasteiger partial charge in [-0.2, -0.15) is 0 Å². The highest BCUT2D eigenvalue weighted by molar-refractivity contribution is 6.30. The van der Waals surface area contributed by atoms with Gasteiger partial charge in [-0.25, -0.2) is 9.59 Å². The molecule has 0 aliphatic carbocycles. The Morgan fingerprint density at radius 2 is 0.897 bits per heavy atom. The third-order valence-corrected chi connectivity index (χ3v) is 13.7. The second-order valence-corrected chi connectivity index (χ2v) is 21.1. The second-order valence-electron chi connectivity index (χ2n) is 19.2. The molecule has 0 aromatic carbocycles. The highest BCUT2D eigenvalue weighted by Crippen LogP contribution is 2.26. The summed E-state index contributed by atoms with van der Waals surface area (Å²) in [4.78, 5) is 91.6. The van der Waals surface area contributed by atoms with E-state index in [-0.39, 0.29) is 35.5 Å². The van der Waals surface area contributed by atoms with Gasteiger partial charge in [-0.05, 0) is 57.4 Å². The number of primary amides is 2. The number of nitrogens with two attached hydrogens (primary N) is 2. The number of carbonyl (C=O) groups is 8. The minimum atomic E-state index is -1.88. The molecule has 0 spiro atoms. The molecule has 27 heteroatoms. The zero-order valence-electron chi connectivity index (χ0n) is 49.2. The molecule has 0 rings (SSSR count). The summed E-state index contributed by atoms with van der Waals surface area (Å²) in [6.45, 7) is 10.4. The summed E-state index contributed by atoms with van der Waals surface area (Å²) < 4.78 is 9.75. The summed E-state index contributed by atoms with van der Waals surface area (Å²) >= 11 is 24.9. The second kappa shape index (κ2) is 47.6. The van der Waals surface area contributed by atoms with Gasteiger partial charge in [0.1, 0.15) is 35.2 Å². The Balaban J connectivity index is 0. The first kappa shape index (κ1) is 82.6. The van der Waals surface area contributed by atoms with Gasteiger partial charge in [-0.15, -0.1) is 23.2 Å². The van der Waals surface area contributed by atoms with Gasteiger partial charge >= 0.3 is 24.1 Å². The first-order chi connectivity index (χ1) is 40.8. The molecule has 1 unspecified atom stereocenters. The topological polar surface area (TPSA) is 413 Å². The summed E-state index contributed by atoms with van der Waals surface area (Å²) in [7, 11) is 0. The number of rotatable bonds is 40. The van der Waals surface area contributed by atoms with Crippen molar-refractivity contribution in [1.29, 1.82) is 0 Å². The van der Waals surface area contributed by atoms with Crippen LogP contribution in [0.4, 0.5) is 9.59 Å². The Labute approximate surface area is 527 Å². The number of nitrogens with one attached hydrogen (secondary N) is 2. The Morgan fingerprint density at radius 1 is 0.529 bits per heavy atom. The van der Waals surface area contributed by atoms with E-state index in [1.807, 2.05) is 20.8 Å². The molecule has 0 saturated heterocycles. The van der Waals surface area contributed by atoms with Crippen LogP contribution in [0.1, 0.15) is 86.5 Å². The molecular formula is C60H84Cl4N4O19. The number of alkyl halides is 2. The molecule has 23 nitrogen and oxygen atoms in total.